The number of amides is 1. The highest BCUT2D eigenvalue weighted by Gasteiger charge is 2.20. The van der Waals surface area contributed by atoms with Crippen molar-refractivity contribution >= 4 is 43.4 Å². The number of H-pyrrole nitrogens is 1. The van der Waals surface area contributed by atoms with Crippen molar-refractivity contribution in [2.24, 2.45) is 0 Å². The van der Waals surface area contributed by atoms with E-state index in [1.54, 1.807) is 11.3 Å². The lowest BCUT2D eigenvalue weighted by molar-refractivity contribution is -0.121. The first-order chi connectivity index (χ1) is 13.5. The molecule has 28 heavy (non-hydrogen) atoms. The van der Waals surface area contributed by atoms with Gasteiger partial charge in [-0.1, -0.05) is 34.1 Å². The van der Waals surface area contributed by atoms with E-state index in [1.807, 2.05) is 31.2 Å². The lowest BCUT2D eigenvalue weighted by Gasteiger charge is -2.15. The largest absolute Gasteiger partial charge is 0.350 e. The van der Waals surface area contributed by atoms with E-state index in [4.69, 9.17) is 0 Å². The summed E-state index contributed by atoms with van der Waals surface area (Å²) in [6, 6.07) is 7.75. The number of thiophene rings is 1. The molecule has 5 nitrogen and oxygen atoms in total. The number of carbonyl (C=O) groups excluding carboxylic acids is 1. The number of benzene rings is 1. The van der Waals surface area contributed by atoms with Crippen LogP contribution in [-0.4, -0.2) is 15.9 Å². The van der Waals surface area contributed by atoms with Gasteiger partial charge in [0.1, 0.15) is 10.7 Å². The smallest absolute Gasteiger partial charge is 0.259 e. The summed E-state index contributed by atoms with van der Waals surface area (Å²) in [6.07, 6.45) is 5.03. The van der Waals surface area contributed by atoms with Crippen molar-refractivity contribution < 1.29 is 4.79 Å². The third-order valence-electron chi connectivity index (χ3n) is 5.21. The molecule has 2 aromatic heterocycles. The van der Waals surface area contributed by atoms with E-state index in [9.17, 15) is 9.59 Å². The lowest BCUT2D eigenvalue weighted by Crippen LogP contribution is -2.27. The molecule has 7 heteroatoms. The average molecular weight is 460 g/mol. The Morgan fingerprint density at radius 3 is 2.93 bits per heavy atom. The number of aryl methyl sites for hydroxylation is 3. The molecular weight excluding hydrogens is 438 g/mol. The maximum absolute atomic E-state index is 12.6. The molecule has 3 aromatic rings. The third kappa shape index (κ3) is 3.91. The van der Waals surface area contributed by atoms with Crippen LogP contribution in [0, 0.1) is 0 Å². The van der Waals surface area contributed by atoms with Gasteiger partial charge in [-0.25, -0.2) is 4.98 Å². The molecule has 146 valence electrons. The molecule has 1 amide bonds. The van der Waals surface area contributed by atoms with Crippen LogP contribution in [0.1, 0.15) is 54.1 Å². The van der Waals surface area contributed by atoms with Crippen molar-refractivity contribution in [2.75, 3.05) is 0 Å². The van der Waals surface area contributed by atoms with E-state index < -0.39 is 0 Å². The van der Waals surface area contributed by atoms with Crippen LogP contribution in [0.25, 0.3) is 10.2 Å². The van der Waals surface area contributed by atoms with Crippen molar-refractivity contribution in [3.05, 3.63) is 60.9 Å². The Morgan fingerprint density at radius 1 is 1.32 bits per heavy atom. The van der Waals surface area contributed by atoms with E-state index >= 15 is 0 Å². The minimum absolute atomic E-state index is 0.0588. The number of nitrogens with one attached hydrogen (secondary N) is 2. The summed E-state index contributed by atoms with van der Waals surface area (Å²) in [4.78, 5) is 34.6. The van der Waals surface area contributed by atoms with Gasteiger partial charge in [0.25, 0.3) is 5.56 Å². The lowest BCUT2D eigenvalue weighted by atomic mass is 9.97. The molecule has 0 bridgehead atoms. The van der Waals surface area contributed by atoms with Crippen LogP contribution in [0.4, 0.5) is 0 Å². The van der Waals surface area contributed by atoms with E-state index in [0.29, 0.717) is 12.2 Å². The van der Waals surface area contributed by atoms with Crippen LogP contribution in [0.15, 0.2) is 33.5 Å². The zero-order chi connectivity index (χ0) is 19.7. The number of hydrogen-bond acceptors (Lipinski definition) is 4. The van der Waals surface area contributed by atoms with Crippen LogP contribution in [0.5, 0.6) is 0 Å². The molecule has 0 radical (unpaired) electrons. The number of fused-ring (bicyclic) bond motifs is 3. The molecule has 0 spiro atoms. The number of aromatic amines is 1. The van der Waals surface area contributed by atoms with Gasteiger partial charge in [-0.3, -0.25) is 9.59 Å². The molecule has 1 unspecified atom stereocenters. The van der Waals surface area contributed by atoms with Gasteiger partial charge in [-0.15, -0.1) is 11.3 Å². The summed E-state index contributed by atoms with van der Waals surface area (Å²) in [5.74, 6) is 0.524. The quantitative estimate of drug-likeness (QED) is 0.592. The molecule has 0 saturated carbocycles. The number of hydrogen-bond donors (Lipinski definition) is 2. The highest BCUT2D eigenvalue weighted by Crippen LogP contribution is 2.33. The van der Waals surface area contributed by atoms with E-state index in [1.165, 1.54) is 16.9 Å². The molecule has 2 heterocycles. The minimum atomic E-state index is -0.0958. The van der Waals surface area contributed by atoms with Gasteiger partial charge in [0.05, 0.1) is 11.4 Å². The predicted molar refractivity (Wildman–Crippen MR) is 116 cm³/mol. The first-order valence-electron chi connectivity index (χ1n) is 9.60. The standard InChI is InChI=1S/C21H22BrN3O2S/c1-12(13-6-2-4-8-15(13)22)23-18(26)11-10-17-24-20(27)19-14-7-3-5-9-16(14)28-21(19)25-17/h2,4,6,8,12H,3,5,7,9-11H2,1H3,(H,23,26)(H,24,25,27). The van der Waals surface area contributed by atoms with Crippen LogP contribution >= 0.6 is 27.3 Å². The van der Waals surface area contributed by atoms with Gasteiger partial charge < -0.3 is 10.3 Å². The number of nitrogens with zero attached hydrogens (tertiary/aromatic N) is 1. The van der Waals surface area contributed by atoms with Gasteiger partial charge >= 0.3 is 0 Å². The Morgan fingerprint density at radius 2 is 2.11 bits per heavy atom. The SMILES string of the molecule is CC(NC(=O)CCc1nc2sc3c(c2c(=O)[nH]1)CCCC3)c1ccccc1Br. The molecular formula is C21H22BrN3O2S. The Bertz CT molecular complexity index is 1090. The Labute approximate surface area is 175 Å². The molecule has 2 N–H and O–H groups in total. The fourth-order valence-corrected chi connectivity index (χ4v) is 5.69. The molecule has 0 fully saturated rings. The van der Waals surface area contributed by atoms with Crippen molar-refractivity contribution in [1.82, 2.24) is 15.3 Å². The molecule has 1 aliphatic carbocycles. The van der Waals surface area contributed by atoms with Crippen molar-refractivity contribution in [3.63, 3.8) is 0 Å². The summed E-state index contributed by atoms with van der Waals surface area (Å²) in [6.45, 7) is 1.96. The van der Waals surface area contributed by atoms with Crippen molar-refractivity contribution in [1.29, 1.82) is 0 Å². The van der Waals surface area contributed by atoms with E-state index in [0.717, 1.165) is 39.5 Å². The predicted octanol–water partition coefficient (Wildman–Crippen LogP) is 4.44. The van der Waals surface area contributed by atoms with Gasteiger partial charge in [-0.2, -0.15) is 0 Å². The highest BCUT2D eigenvalue weighted by atomic mass is 79.9. The van der Waals surface area contributed by atoms with Crippen LogP contribution < -0.4 is 10.9 Å². The average Bonchev–Trinajstić information content (AvgIpc) is 3.05. The summed E-state index contributed by atoms with van der Waals surface area (Å²) >= 11 is 5.15. The first-order valence-corrected chi connectivity index (χ1v) is 11.2. The zero-order valence-corrected chi connectivity index (χ0v) is 18.1. The monoisotopic (exact) mass is 459 g/mol. The van der Waals surface area contributed by atoms with Crippen LogP contribution in [-0.2, 0) is 24.1 Å². The summed E-state index contributed by atoms with van der Waals surface area (Å²) in [5.41, 5.74) is 2.15. The maximum Gasteiger partial charge on any atom is 0.259 e. The number of aromatic nitrogens is 2. The van der Waals surface area contributed by atoms with Crippen molar-refractivity contribution in [2.45, 2.75) is 51.5 Å². The van der Waals surface area contributed by atoms with E-state index in [2.05, 4.69) is 31.2 Å². The van der Waals surface area contributed by atoms with Crippen LogP contribution in [0.2, 0.25) is 0 Å². The molecule has 0 saturated heterocycles. The van der Waals surface area contributed by atoms with Gasteiger partial charge in [0, 0.05) is 22.2 Å². The normalized spacial score (nSPS) is 14.6. The molecule has 1 atom stereocenters. The topological polar surface area (TPSA) is 74.8 Å². The number of halogens is 1. The van der Waals surface area contributed by atoms with Crippen molar-refractivity contribution in [3.8, 4) is 0 Å². The Balaban J connectivity index is 1.44. The fraction of sp³-hybridized carbons (Fsp3) is 0.381. The van der Waals surface area contributed by atoms with E-state index in [-0.39, 0.29) is 23.9 Å². The second-order valence-corrected chi connectivity index (χ2v) is 9.15. The number of rotatable bonds is 5. The third-order valence-corrected chi connectivity index (χ3v) is 7.12. The fourth-order valence-electron chi connectivity index (χ4n) is 3.78. The number of carbonyl (C=O) groups is 1. The second kappa shape index (κ2) is 8.17. The minimum Gasteiger partial charge on any atom is -0.350 e. The molecule has 1 aliphatic rings. The molecule has 0 aliphatic heterocycles. The zero-order valence-electron chi connectivity index (χ0n) is 15.7. The Hall–Kier alpha value is -1.99. The highest BCUT2D eigenvalue weighted by molar-refractivity contribution is 9.10. The maximum atomic E-state index is 12.6. The first kappa shape index (κ1) is 19.3. The van der Waals surface area contributed by atoms with Gasteiger partial charge in [0.15, 0.2) is 0 Å². The van der Waals surface area contributed by atoms with Gasteiger partial charge in [0.2, 0.25) is 5.91 Å². The van der Waals surface area contributed by atoms with Gasteiger partial charge in [-0.05, 0) is 49.8 Å². The van der Waals surface area contributed by atoms with Crippen LogP contribution in [0.3, 0.4) is 0 Å². The Kier molecular flexibility index (Phi) is 5.64. The summed E-state index contributed by atoms with van der Waals surface area (Å²) in [7, 11) is 0. The second-order valence-electron chi connectivity index (χ2n) is 7.21. The molecule has 1 aromatic carbocycles. The summed E-state index contributed by atoms with van der Waals surface area (Å²) in [5, 5.41) is 3.77. The summed E-state index contributed by atoms with van der Waals surface area (Å²) < 4.78 is 0.973. The molecule has 4 rings (SSSR count).